The number of amides is 8. The smallest absolute Gasteiger partial charge is 0.415 e. The number of hydrogen-bond acceptors (Lipinski definition) is 24. The second-order valence-corrected chi connectivity index (χ2v) is 35.8. The molecule has 0 radical (unpaired) electrons. The lowest BCUT2D eigenvalue weighted by molar-refractivity contribution is -0.123. The molecule has 0 atom stereocenters. The molecule has 2 fully saturated rings. The third-order valence-corrected chi connectivity index (χ3v) is 23.4. The molecule has 2 N–H and O–H groups in total. The largest absolute Gasteiger partial charge is 0.443 e. The number of urea groups is 1. The number of nitrogens with one attached hydrogen (secondary N) is 2. The Hall–Kier alpha value is -14.8. The van der Waals surface area contributed by atoms with Crippen LogP contribution >= 0.6 is 105 Å². The van der Waals surface area contributed by atoms with E-state index in [9.17, 15) is 59.9 Å². The van der Waals surface area contributed by atoms with Crippen LogP contribution in [0.4, 0.5) is 80.5 Å². The van der Waals surface area contributed by atoms with Gasteiger partial charge in [-0.2, -0.15) is 62.0 Å². The molecule has 2 saturated heterocycles. The van der Waals surface area contributed by atoms with E-state index in [-0.39, 0.29) is 92.2 Å². The topological polar surface area (TPSA) is 405 Å². The van der Waals surface area contributed by atoms with Crippen molar-refractivity contribution in [2.75, 3.05) is 92.7 Å². The zero-order valence-corrected chi connectivity index (χ0v) is 87.1. The van der Waals surface area contributed by atoms with Gasteiger partial charge in [0, 0.05) is 126 Å². The number of hydrogen-bond donors (Lipinski definition) is 2. The molecule has 780 valence electrons. The molecular formula is C95H93Cl8F6N31O8S. The van der Waals surface area contributed by atoms with Crippen molar-refractivity contribution >= 4 is 185 Å². The van der Waals surface area contributed by atoms with Crippen LogP contribution in [0.3, 0.4) is 0 Å². The summed E-state index contributed by atoms with van der Waals surface area (Å²) in [6, 6.07) is 24.3. The molecule has 17 heterocycles. The third-order valence-electron chi connectivity index (χ3n) is 20.3. The van der Waals surface area contributed by atoms with E-state index in [1.807, 2.05) is 59.3 Å². The van der Waals surface area contributed by atoms with Gasteiger partial charge in [0.1, 0.15) is 46.3 Å². The van der Waals surface area contributed by atoms with E-state index in [1.54, 1.807) is 248 Å². The van der Waals surface area contributed by atoms with Crippen molar-refractivity contribution in [3.63, 3.8) is 0 Å². The number of alkyl halides is 7. The minimum absolute atomic E-state index is 0.00198. The van der Waals surface area contributed by atoms with Crippen molar-refractivity contribution in [3.05, 3.63) is 282 Å². The maximum atomic E-state index is 12.5. The van der Waals surface area contributed by atoms with E-state index in [4.69, 9.17) is 97.5 Å². The van der Waals surface area contributed by atoms with Crippen molar-refractivity contribution in [2.45, 2.75) is 105 Å². The fraction of sp³-hybridized carbons (Fsp3) is 0.263. The Labute approximate surface area is 893 Å². The Kier molecular flexibility index (Phi) is 42.0. The zero-order chi connectivity index (χ0) is 108. The van der Waals surface area contributed by atoms with Crippen molar-refractivity contribution in [3.8, 4) is 51.7 Å². The molecule has 0 unspecified atom stereocenters. The second-order valence-electron chi connectivity index (χ2n) is 32.0. The van der Waals surface area contributed by atoms with E-state index in [0.29, 0.717) is 113 Å². The van der Waals surface area contributed by atoms with Gasteiger partial charge in [0.15, 0.2) is 36.1 Å². The minimum atomic E-state index is -4.49. The van der Waals surface area contributed by atoms with Crippen LogP contribution in [0.25, 0.3) is 39.8 Å². The molecular weight excluding hydrogens is 2130 g/mol. The van der Waals surface area contributed by atoms with Crippen molar-refractivity contribution in [2.24, 2.45) is 0 Å². The van der Waals surface area contributed by atoms with Crippen molar-refractivity contribution in [1.82, 2.24) is 118 Å². The molecule has 54 heteroatoms. The molecule has 0 bridgehead atoms. The van der Waals surface area contributed by atoms with E-state index >= 15 is 0 Å². The van der Waals surface area contributed by atoms with Crippen LogP contribution < -0.4 is 40.0 Å². The SMILES string of the molecule is C=C1CCN(c2cn(-c3cccnc3)nc2Cl)C1=O.CC#CCN(C(=O)OC(C)(C)C)c1cn(-c2cccnc2)nc1Cl.CCN(C(=O)NCC(F)(F)F)c1cn(-c2cccnc2)nc1Cl.CCN(C(=O)SCC(F)(F)F)c1cn(-c2cccnc2)nc1Cl.CN(C(=O)CCn1ccnc1)c1cn(-c2cccnc2)nc1Cl.O=C(CCCCl)Nc1cn(-c2cccnc2)nc1Cl.O=C1CCCN1c1cn(-c2cccnc2)nc1Cl. The number of halogens is 14. The summed E-state index contributed by atoms with van der Waals surface area (Å²) in [5, 5.41) is 34.2. The number of carbonyl (C=O) groups excluding carboxylic acids is 7. The van der Waals surface area contributed by atoms with Crippen molar-refractivity contribution in [1.29, 1.82) is 0 Å². The highest BCUT2D eigenvalue weighted by atomic mass is 35.5. The first-order valence-corrected chi connectivity index (χ1v) is 48.9. The van der Waals surface area contributed by atoms with Gasteiger partial charge in [-0.05, 0) is 146 Å². The monoisotopic (exact) mass is 2220 g/mol. The Morgan fingerprint density at radius 2 is 0.899 bits per heavy atom. The predicted octanol–water partition coefficient (Wildman–Crippen LogP) is 20.2. The summed E-state index contributed by atoms with van der Waals surface area (Å²) in [6.45, 7) is 15.0. The van der Waals surface area contributed by atoms with Gasteiger partial charge in [0.2, 0.25) is 17.7 Å². The molecule has 2 aliphatic rings. The van der Waals surface area contributed by atoms with Gasteiger partial charge in [-0.1, -0.05) is 105 Å². The van der Waals surface area contributed by atoms with Crippen LogP contribution in [0.15, 0.2) is 246 Å². The summed E-state index contributed by atoms with van der Waals surface area (Å²) in [5.41, 5.74) is 8.28. The molecule has 8 amide bonds. The van der Waals surface area contributed by atoms with Gasteiger partial charge in [-0.25, -0.2) is 47.3 Å². The molecule has 149 heavy (non-hydrogen) atoms. The summed E-state index contributed by atoms with van der Waals surface area (Å²) in [7, 11) is 1.69. The number of aromatic nitrogens is 23. The van der Waals surface area contributed by atoms with E-state index < -0.39 is 47.6 Å². The maximum Gasteiger partial charge on any atom is 0.415 e. The number of imidazole rings is 1. The van der Waals surface area contributed by atoms with Gasteiger partial charge in [-0.15, -0.1) is 17.5 Å². The van der Waals surface area contributed by atoms with E-state index in [0.717, 1.165) is 44.7 Å². The van der Waals surface area contributed by atoms with Gasteiger partial charge < -0.3 is 34.6 Å². The number of anilines is 7. The lowest BCUT2D eigenvalue weighted by atomic mass is 10.2. The minimum Gasteiger partial charge on any atom is -0.443 e. The van der Waals surface area contributed by atoms with Gasteiger partial charge in [0.25, 0.3) is 11.1 Å². The molecule has 0 aromatic carbocycles. The average Bonchev–Trinajstić information content (AvgIpc) is 1.64. The molecule has 0 spiro atoms. The zero-order valence-electron chi connectivity index (χ0n) is 80.2. The maximum absolute atomic E-state index is 12.5. The van der Waals surface area contributed by atoms with Crippen LogP contribution in [0, 0.1) is 11.8 Å². The van der Waals surface area contributed by atoms with E-state index in [2.05, 4.69) is 99.3 Å². The second kappa shape index (κ2) is 54.7. The first-order chi connectivity index (χ1) is 71.2. The number of carbonyl (C=O) groups is 7. The number of ether oxygens (including phenoxy) is 1. The Bertz CT molecular complexity index is 6910. The quantitative estimate of drug-likeness (QED) is 0.0232. The Morgan fingerprint density at radius 1 is 0.497 bits per heavy atom. The normalized spacial score (nSPS) is 12.0. The molecule has 15 aromatic heterocycles. The predicted molar refractivity (Wildman–Crippen MR) is 558 cm³/mol. The van der Waals surface area contributed by atoms with Crippen LogP contribution in [-0.2, 0) is 30.5 Å². The molecule has 17 rings (SSSR count). The molecule has 0 aliphatic carbocycles. The molecule has 2 aliphatic heterocycles. The number of thioether (sulfide) groups is 1. The highest BCUT2D eigenvalue weighted by Gasteiger charge is 2.35. The Morgan fingerprint density at radius 3 is 1.27 bits per heavy atom. The molecule has 0 saturated carbocycles. The van der Waals surface area contributed by atoms with Gasteiger partial charge >= 0.3 is 24.5 Å². The standard InChI is InChI=1S/C17H19ClN4O2.C15H15ClN6O.C13H13ClF3N5O.C13H12ClF3N4OS.C13H11ClN4O.C12H12Cl2N4O.C12H11ClN4O/c1-5-6-10-21(16(23)24-17(2,3)4)14-12-22(20-15(14)18)13-8-7-9-19-11-13;1-20(14(23)4-7-21-8-6-18-11-21)13-10-22(19-15(13)16)12-3-2-5-17-9-12;1-2-21(12(23)19-8-13(15,16)17)10-7-22(20-11(10)14)9-4-3-5-18-6-9;1-2-20(12(22)23-8-13(15,16)17)10-7-21(19-11(10)14)9-4-3-5-18-6-9;1-9-4-6-17(13(9)19)11-8-18(16-12(11)14)10-3-2-5-15-7-10;13-5-1-4-11(19)16-10-8-18(17-12(10)14)9-3-2-6-15-7-9;13-12-10(16-6-2-4-11(16)18)8-17(15-12)9-3-1-5-14-7-9/h7-9,11-12H,10H2,1-4H3;2-3,5-6,8-11H,4,7H2,1H3;3-7H,2,8H2,1H3,(H,19,23);3-7H,2,8H2,1H3;2-3,5,7-8H,1,4,6H2;2-3,6-8H,1,4-5H2,(H,16,19);1,3,5,7-8H,2,4,6H2. The van der Waals surface area contributed by atoms with E-state index in [1.165, 1.54) is 37.8 Å². The van der Waals surface area contributed by atoms with Gasteiger partial charge in [0.05, 0.1) is 151 Å². The molecule has 15 aromatic rings. The van der Waals surface area contributed by atoms with Crippen molar-refractivity contribution < 1.29 is 64.6 Å². The van der Waals surface area contributed by atoms with Crippen LogP contribution in [0.5, 0.6) is 0 Å². The summed E-state index contributed by atoms with van der Waals surface area (Å²) in [5.74, 6) is 4.65. The van der Waals surface area contributed by atoms with Crippen LogP contribution in [-0.4, -0.2) is 230 Å². The third kappa shape index (κ3) is 33.6. The summed E-state index contributed by atoms with van der Waals surface area (Å²) < 4.78 is 91.4. The highest BCUT2D eigenvalue weighted by Crippen LogP contribution is 2.37. The fourth-order valence-corrected chi connectivity index (χ4v) is 15.6. The Balaban J connectivity index is 0.000000165. The average molecular weight is 2230 g/mol. The summed E-state index contributed by atoms with van der Waals surface area (Å²) >= 11 is 48.3. The number of aryl methyl sites for hydroxylation is 1. The lowest BCUT2D eigenvalue weighted by Gasteiger charge is -2.25. The van der Waals surface area contributed by atoms with Crippen LogP contribution in [0.1, 0.15) is 80.1 Å². The first kappa shape index (κ1) is 114. The number of nitrogens with zero attached hydrogens (tertiary/aromatic N) is 29. The lowest BCUT2D eigenvalue weighted by Crippen LogP contribution is -2.43. The summed E-state index contributed by atoms with van der Waals surface area (Å²) in [6.07, 6.45) is 33.6. The summed E-state index contributed by atoms with van der Waals surface area (Å²) in [4.78, 5) is 124. The van der Waals surface area contributed by atoms with Gasteiger partial charge in [-0.3, -0.25) is 73.6 Å². The fourth-order valence-electron chi connectivity index (χ4n) is 13.2. The van der Waals surface area contributed by atoms with Crippen LogP contribution in [0.2, 0.25) is 36.1 Å². The highest BCUT2D eigenvalue weighted by molar-refractivity contribution is 8.13. The first-order valence-electron chi connectivity index (χ1n) is 44.7. The number of rotatable bonds is 25. The molecule has 39 nitrogen and oxygen atoms in total. The number of pyridine rings is 7.